The molecule has 1 aliphatic heterocycles. The van der Waals surface area contributed by atoms with E-state index in [1.54, 1.807) is 0 Å². The summed E-state index contributed by atoms with van der Waals surface area (Å²) < 4.78 is 6.31. The highest BCUT2D eigenvalue weighted by Crippen LogP contribution is 2.52. The van der Waals surface area contributed by atoms with Gasteiger partial charge in [0.2, 0.25) is 0 Å². The summed E-state index contributed by atoms with van der Waals surface area (Å²) in [5, 5.41) is 1.16. The summed E-state index contributed by atoms with van der Waals surface area (Å²) in [7, 11) is 0. The fourth-order valence-corrected chi connectivity index (χ4v) is 5.47. The van der Waals surface area contributed by atoms with E-state index in [9.17, 15) is 0 Å². The van der Waals surface area contributed by atoms with Crippen LogP contribution in [0.15, 0.2) is 115 Å². The molecule has 6 aromatic rings. The summed E-state index contributed by atoms with van der Waals surface area (Å²) in [4.78, 5) is 7.67. The molecular formula is C36H28N2O. The Hall–Kier alpha value is -4.89. The molecule has 0 N–H and O–H groups in total. The number of para-hydroxylation sites is 4. The molecule has 7 rings (SSSR count). The number of fused-ring (bicyclic) bond motifs is 3. The van der Waals surface area contributed by atoms with Gasteiger partial charge in [0.25, 0.3) is 0 Å². The van der Waals surface area contributed by atoms with E-state index in [1.165, 1.54) is 27.8 Å². The minimum absolute atomic E-state index is 0.832. The van der Waals surface area contributed by atoms with Gasteiger partial charge in [-0.3, -0.25) is 0 Å². The van der Waals surface area contributed by atoms with Crippen LogP contribution in [0.4, 0.5) is 17.1 Å². The SMILES string of the molecule is Cc1ccc(-c2cc(-c3ccc(C)cc3)c3c(C)ccc(N4c5ccccc5Oc5ccccc54)c3n2)cc1. The minimum Gasteiger partial charge on any atom is -0.453 e. The summed E-state index contributed by atoms with van der Waals surface area (Å²) in [6, 6.07) is 40.5. The van der Waals surface area contributed by atoms with Gasteiger partial charge in [0.1, 0.15) is 0 Å². The highest BCUT2D eigenvalue weighted by molar-refractivity contribution is 6.07. The van der Waals surface area contributed by atoms with Crippen molar-refractivity contribution in [2.75, 3.05) is 4.90 Å². The Morgan fingerprint density at radius 1 is 0.564 bits per heavy atom. The van der Waals surface area contributed by atoms with Crippen LogP contribution in [0.2, 0.25) is 0 Å². The van der Waals surface area contributed by atoms with Crippen molar-refractivity contribution in [1.29, 1.82) is 0 Å². The number of aryl methyl sites for hydroxylation is 3. The fraction of sp³-hybridized carbons (Fsp3) is 0.0833. The van der Waals surface area contributed by atoms with Crippen molar-refractivity contribution < 1.29 is 4.74 Å². The molecule has 0 saturated carbocycles. The Morgan fingerprint density at radius 2 is 1.13 bits per heavy atom. The maximum Gasteiger partial charge on any atom is 0.151 e. The number of hydrogen-bond donors (Lipinski definition) is 0. The van der Waals surface area contributed by atoms with E-state index in [0.29, 0.717) is 0 Å². The molecule has 0 atom stereocenters. The first-order valence-corrected chi connectivity index (χ1v) is 13.3. The third kappa shape index (κ3) is 3.95. The number of rotatable bonds is 3. The molecule has 0 unspecified atom stereocenters. The molecule has 0 bridgehead atoms. The number of benzene rings is 5. The van der Waals surface area contributed by atoms with E-state index in [-0.39, 0.29) is 0 Å². The van der Waals surface area contributed by atoms with E-state index in [0.717, 1.165) is 50.7 Å². The molecule has 5 aromatic carbocycles. The molecule has 1 aliphatic rings. The first-order valence-electron chi connectivity index (χ1n) is 13.3. The van der Waals surface area contributed by atoms with Gasteiger partial charge < -0.3 is 9.64 Å². The molecule has 188 valence electrons. The number of nitrogens with zero attached hydrogens (tertiary/aromatic N) is 2. The summed E-state index contributed by atoms with van der Waals surface area (Å²) in [6.07, 6.45) is 0. The summed E-state index contributed by atoms with van der Waals surface area (Å²) in [5.74, 6) is 1.66. The average molecular weight is 505 g/mol. The maximum atomic E-state index is 6.31. The zero-order chi connectivity index (χ0) is 26.5. The molecule has 3 nitrogen and oxygen atoms in total. The topological polar surface area (TPSA) is 25.4 Å². The monoisotopic (exact) mass is 504 g/mol. The third-order valence-electron chi connectivity index (χ3n) is 7.53. The van der Waals surface area contributed by atoms with Gasteiger partial charge >= 0.3 is 0 Å². The van der Waals surface area contributed by atoms with Gasteiger partial charge in [-0.15, -0.1) is 0 Å². The summed E-state index contributed by atoms with van der Waals surface area (Å²) in [6.45, 7) is 6.42. The van der Waals surface area contributed by atoms with Crippen molar-refractivity contribution in [2.45, 2.75) is 20.8 Å². The fourth-order valence-electron chi connectivity index (χ4n) is 5.47. The molecule has 0 radical (unpaired) electrons. The number of anilines is 3. The lowest BCUT2D eigenvalue weighted by Crippen LogP contribution is -2.16. The quantitative estimate of drug-likeness (QED) is 0.239. The predicted molar refractivity (Wildman–Crippen MR) is 162 cm³/mol. The number of aromatic nitrogens is 1. The molecule has 39 heavy (non-hydrogen) atoms. The van der Waals surface area contributed by atoms with Crippen molar-refractivity contribution >= 4 is 28.0 Å². The van der Waals surface area contributed by atoms with Gasteiger partial charge in [0.15, 0.2) is 11.5 Å². The third-order valence-corrected chi connectivity index (χ3v) is 7.53. The zero-order valence-electron chi connectivity index (χ0n) is 22.3. The first-order chi connectivity index (χ1) is 19.1. The Labute approximate surface area is 229 Å². The van der Waals surface area contributed by atoms with Gasteiger partial charge in [0.05, 0.1) is 28.3 Å². The maximum absolute atomic E-state index is 6.31. The van der Waals surface area contributed by atoms with Gasteiger partial charge in [0, 0.05) is 10.9 Å². The van der Waals surface area contributed by atoms with Crippen molar-refractivity contribution in [3.05, 3.63) is 132 Å². The molecule has 0 aliphatic carbocycles. The zero-order valence-corrected chi connectivity index (χ0v) is 22.3. The number of hydrogen-bond acceptors (Lipinski definition) is 3. The van der Waals surface area contributed by atoms with E-state index < -0.39 is 0 Å². The van der Waals surface area contributed by atoms with Gasteiger partial charge in [-0.25, -0.2) is 4.98 Å². The van der Waals surface area contributed by atoms with Crippen molar-refractivity contribution in [3.8, 4) is 33.9 Å². The van der Waals surface area contributed by atoms with Crippen molar-refractivity contribution in [2.24, 2.45) is 0 Å². The second-order valence-corrected chi connectivity index (χ2v) is 10.3. The second kappa shape index (κ2) is 9.14. The average Bonchev–Trinajstić information content (AvgIpc) is 2.97. The van der Waals surface area contributed by atoms with Crippen LogP contribution < -0.4 is 9.64 Å². The Kier molecular flexibility index (Phi) is 5.45. The molecule has 0 amide bonds. The standard InChI is InChI=1S/C36H28N2O/c1-23-12-17-26(18-13-23)28-22-29(27-19-14-24(2)15-20-27)37-36-32(21-16-25(3)35(28)36)38-30-8-4-6-10-33(30)39-34-11-7-5-9-31(34)38/h4-22H,1-3H3. The normalized spacial score (nSPS) is 12.1. The predicted octanol–water partition coefficient (Wildman–Crippen LogP) is 10.1. The van der Waals surface area contributed by atoms with Crippen LogP contribution in [0, 0.1) is 20.8 Å². The van der Waals surface area contributed by atoms with Gasteiger partial charge in [-0.1, -0.05) is 90.0 Å². The Morgan fingerprint density at radius 3 is 1.74 bits per heavy atom. The highest BCUT2D eigenvalue weighted by atomic mass is 16.5. The highest BCUT2D eigenvalue weighted by Gasteiger charge is 2.28. The lowest BCUT2D eigenvalue weighted by molar-refractivity contribution is 0.477. The van der Waals surface area contributed by atoms with Gasteiger partial charge in [-0.05, 0) is 73.9 Å². The minimum atomic E-state index is 0.832. The van der Waals surface area contributed by atoms with E-state index >= 15 is 0 Å². The van der Waals surface area contributed by atoms with Crippen LogP contribution in [0.3, 0.4) is 0 Å². The van der Waals surface area contributed by atoms with Crippen LogP contribution in [0.25, 0.3) is 33.3 Å². The Balaban J connectivity index is 1.57. The molecule has 3 heteroatoms. The van der Waals surface area contributed by atoms with Crippen LogP contribution >= 0.6 is 0 Å². The lowest BCUT2D eigenvalue weighted by Gasteiger charge is -2.33. The summed E-state index contributed by atoms with van der Waals surface area (Å²) >= 11 is 0. The number of pyridine rings is 1. The van der Waals surface area contributed by atoms with E-state index in [2.05, 4.69) is 117 Å². The van der Waals surface area contributed by atoms with E-state index in [1.807, 2.05) is 24.3 Å². The Bertz CT molecular complexity index is 1810. The molecule has 2 heterocycles. The molecule has 0 spiro atoms. The van der Waals surface area contributed by atoms with Crippen LogP contribution in [0.1, 0.15) is 16.7 Å². The molecule has 1 aromatic heterocycles. The van der Waals surface area contributed by atoms with Crippen molar-refractivity contribution in [3.63, 3.8) is 0 Å². The first kappa shape index (κ1) is 23.2. The largest absolute Gasteiger partial charge is 0.453 e. The molecule has 0 saturated heterocycles. The number of ether oxygens (including phenoxy) is 1. The molecular weight excluding hydrogens is 476 g/mol. The molecule has 0 fully saturated rings. The van der Waals surface area contributed by atoms with Gasteiger partial charge in [-0.2, -0.15) is 0 Å². The lowest BCUT2D eigenvalue weighted by atomic mass is 9.94. The van der Waals surface area contributed by atoms with E-state index in [4.69, 9.17) is 9.72 Å². The van der Waals surface area contributed by atoms with Crippen molar-refractivity contribution in [1.82, 2.24) is 4.98 Å². The van der Waals surface area contributed by atoms with Crippen LogP contribution in [-0.2, 0) is 0 Å². The second-order valence-electron chi connectivity index (χ2n) is 10.3. The van der Waals surface area contributed by atoms with Crippen LogP contribution in [-0.4, -0.2) is 4.98 Å². The van der Waals surface area contributed by atoms with Crippen LogP contribution in [0.5, 0.6) is 11.5 Å². The smallest absolute Gasteiger partial charge is 0.151 e. The summed E-state index contributed by atoms with van der Waals surface area (Å²) in [5.41, 5.74) is 12.1.